The van der Waals surface area contributed by atoms with Crippen molar-refractivity contribution in [2.75, 3.05) is 19.3 Å². The van der Waals surface area contributed by atoms with E-state index in [0.29, 0.717) is 12.8 Å². The SMILES string of the molecule is CNS(=O)(=O)CCNC(=O)[C@H]1CC(C)C[C@H]1C(=O)O. The summed E-state index contributed by atoms with van der Waals surface area (Å²) in [7, 11) is -2.06. The highest BCUT2D eigenvalue weighted by Gasteiger charge is 2.41. The Balaban J connectivity index is 2.51. The molecule has 0 aromatic carbocycles. The van der Waals surface area contributed by atoms with Gasteiger partial charge in [0.25, 0.3) is 0 Å². The first-order chi connectivity index (χ1) is 8.76. The van der Waals surface area contributed by atoms with E-state index in [9.17, 15) is 18.0 Å². The number of rotatable bonds is 6. The number of carbonyl (C=O) groups excluding carboxylic acids is 1. The highest BCUT2D eigenvalue weighted by molar-refractivity contribution is 7.89. The summed E-state index contributed by atoms with van der Waals surface area (Å²) in [4.78, 5) is 22.9. The van der Waals surface area contributed by atoms with Crippen LogP contribution in [0.5, 0.6) is 0 Å². The highest BCUT2D eigenvalue weighted by Crippen LogP contribution is 2.36. The molecule has 0 radical (unpaired) electrons. The van der Waals surface area contributed by atoms with Gasteiger partial charge in [0.15, 0.2) is 0 Å². The molecule has 0 aliphatic heterocycles. The van der Waals surface area contributed by atoms with Crippen molar-refractivity contribution in [3.05, 3.63) is 0 Å². The van der Waals surface area contributed by atoms with Crippen LogP contribution in [-0.4, -0.2) is 44.7 Å². The molecule has 0 saturated heterocycles. The summed E-state index contributed by atoms with van der Waals surface area (Å²) in [6, 6.07) is 0. The minimum absolute atomic E-state index is 0.0147. The number of hydrogen-bond acceptors (Lipinski definition) is 4. The third kappa shape index (κ3) is 4.46. The van der Waals surface area contributed by atoms with Crippen molar-refractivity contribution < 1.29 is 23.1 Å². The molecular weight excluding hydrogens is 272 g/mol. The number of nitrogens with one attached hydrogen (secondary N) is 2. The summed E-state index contributed by atoms with van der Waals surface area (Å²) in [5.74, 6) is -2.59. The van der Waals surface area contributed by atoms with Crippen LogP contribution in [0, 0.1) is 17.8 Å². The summed E-state index contributed by atoms with van der Waals surface area (Å²) in [5, 5.41) is 11.6. The van der Waals surface area contributed by atoms with Crippen LogP contribution in [0.4, 0.5) is 0 Å². The van der Waals surface area contributed by atoms with E-state index in [1.807, 2.05) is 6.92 Å². The fourth-order valence-electron chi connectivity index (χ4n) is 2.40. The third-order valence-electron chi connectivity index (χ3n) is 3.43. The maximum Gasteiger partial charge on any atom is 0.307 e. The van der Waals surface area contributed by atoms with Crippen molar-refractivity contribution in [2.45, 2.75) is 19.8 Å². The normalized spacial score (nSPS) is 27.2. The third-order valence-corrected chi connectivity index (χ3v) is 4.80. The summed E-state index contributed by atoms with van der Waals surface area (Å²) in [6.45, 7) is 1.90. The molecule has 0 aromatic heterocycles. The molecule has 1 aliphatic rings. The Hall–Kier alpha value is -1.15. The standard InChI is InChI=1S/C11H20N2O5S/c1-7-5-8(9(6-7)11(15)16)10(14)13-3-4-19(17,18)12-2/h7-9,12H,3-6H2,1-2H3,(H,13,14)(H,15,16)/t7?,8-,9+/m0/s1. The molecule has 1 amide bonds. The number of amides is 1. The molecular formula is C11H20N2O5S. The average Bonchev–Trinajstić information content (AvgIpc) is 2.71. The summed E-state index contributed by atoms with van der Waals surface area (Å²) in [6.07, 6.45) is 1.02. The molecule has 0 aromatic rings. The van der Waals surface area contributed by atoms with E-state index in [0.717, 1.165) is 0 Å². The lowest BCUT2D eigenvalue weighted by molar-refractivity contribution is -0.146. The maximum atomic E-state index is 11.9. The number of sulfonamides is 1. The molecule has 3 N–H and O–H groups in total. The molecule has 110 valence electrons. The van der Waals surface area contributed by atoms with Crippen molar-refractivity contribution >= 4 is 21.9 Å². The Kier molecular flexibility index (Phi) is 5.30. The molecule has 0 heterocycles. The van der Waals surface area contributed by atoms with Crippen molar-refractivity contribution in [1.82, 2.24) is 10.0 Å². The number of hydrogen-bond donors (Lipinski definition) is 3. The molecule has 0 bridgehead atoms. The summed E-state index contributed by atoms with van der Waals surface area (Å²) < 4.78 is 24.5. The van der Waals surface area contributed by atoms with Crippen molar-refractivity contribution in [3.8, 4) is 0 Å². The van der Waals surface area contributed by atoms with E-state index in [1.54, 1.807) is 0 Å². The fraction of sp³-hybridized carbons (Fsp3) is 0.818. The predicted molar refractivity (Wildman–Crippen MR) is 68.9 cm³/mol. The second kappa shape index (κ2) is 6.33. The van der Waals surface area contributed by atoms with Gasteiger partial charge in [-0.2, -0.15) is 0 Å². The van der Waals surface area contributed by atoms with Gasteiger partial charge in [0.05, 0.1) is 17.6 Å². The molecule has 7 nitrogen and oxygen atoms in total. The van der Waals surface area contributed by atoms with E-state index in [1.165, 1.54) is 7.05 Å². The zero-order valence-electron chi connectivity index (χ0n) is 11.0. The van der Waals surface area contributed by atoms with Crippen LogP contribution in [0.3, 0.4) is 0 Å². The van der Waals surface area contributed by atoms with Crippen LogP contribution in [0.15, 0.2) is 0 Å². The van der Waals surface area contributed by atoms with Crippen LogP contribution in [0.1, 0.15) is 19.8 Å². The minimum Gasteiger partial charge on any atom is -0.481 e. The van der Waals surface area contributed by atoms with E-state index in [2.05, 4.69) is 10.0 Å². The lowest BCUT2D eigenvalue weighted by Crippen LogP contribution is -2.38. The second-order valence-corrected chi connectivity index (χ2v) is 6.99. The summed E-state index contributed by atoms with van der Waals surface area (Å²) >= 11 is 0. The number of carboxylic acid groups (broad SMARTS) is 1. The lowest BCUT2D eigenvalue weighted by atomic mass is 9.95. The number of aliphatic carboxylic acids is 1. The number of carboxylic acids is 1. The first kappa shape index (κ1) is 15.9. The van der Waals surface area contributed by atoms with Gasteiger partial charge in [0, 0.05) is 6.54 Å². The predicted octanol–water partition coefficient (Wildman–Crippen LogP) is -0.601. The van der Waals surface area contributed by atoms with Gasteiger partial charge in [0.1, 0.15) is 0 Å². The van der Waals surface area contributed by atoms with Gasteiger partial charge in [-0.1, -0.05) is 6.92 Å². The summed E-state index contributed by atoms with van der Waals surface area (Å²) in [5.41, 5.74) is 0. The molecule has 1 saturated carbocycles. The maximum absolute atomic E-state index is 11.9. The van der Waals surface area contributed by atoms with Crippen LogP contribution in [0.25, 0.3) is 0 Å². The smallest absolute Gasteiger partial charge is 0.307 e. The Morgan fingerprint density at radius 1 is 1.26 bits per heavy atom. The first-order valence-corrected chi connectivity index (χ1v) is 7.83. The molecule has 3 atom stereocenters. The Morgan fingerprint density at radius 3 is 2.37 bits per heavy atom. The van der Waals surface area contributed by atoms with Gasteiger partial charge in [-0.3, -0.25) is 9.59 Å². The Bertz CT molecular complexity index is 448. The monoisotopic (exact) mass is 292 g/mol. The topological polar surface area (TPSA) is 113 Å². The molecule has 19 heavy (non-hydrogen) atoms. The zero-order chi connectivity index (χ0) is 14.6. The van der Waals surface area contributed by atoms with Gasteiger partial charge in [0.2, 0.25) is 15.9 Å². The van der Waals surface area contributed by atoms with Crippen molar-refractivity contribution in [1.29, 1.82) is 0 Å². The first-order valence-electron chi connectivity index (χ1n) is 6.18. The quantitative estimate of drug-likeness (QED) is 0.605. The van der Waals surface area contributed by atoms with Gasteiger partial charge in [-0.05, 0) is 25.8 Å². The van der Waals surface area contributed by atoms with Crippen LogP contribution in [0.2, 0.25) is 0 Å². The second-order valence-electron chi connectivity index (χ2n) is 4.94. The molecule has 1 fully saturated rings. The van der Waals surface area contributed by atoms with Crippen LogP contribution >= 0.6 is 0 Å². The van der Waals surface area contributed by atoms with Gasteiger partial charge < -0.3 is 10.4 Å². The molecule has 1 aliphatic carbocycles. The highest BCUT2D eigenvalue weighted by atomic mass is 32.2. The molecule has 1 unspecified atom stereocenters. The van der Waals surface area contributed by atoms with Gasteiger partial charge >= 0.3 is 5.97 Å². The Morgan fingerprint density at radius 2 is 1.84 bits per heavy atom. The fourth-order valence-corrected chi connectivity index (χ4v) is 2.97. The molecule has 8 heteroatoms. The average molecular weight is 292 g/mol. The van der Waals surface area contributed by atoms with Crippen molar-refractivity contribution in [3.63, 3.8) is 0 Å². The van der Waals surface area contributed by atoms with Crippen LogP contribution in [-0.2, 0) is 19.6 Å². The van der Waals surface area contributed by atoms with Crippen LogP contribution < -0.4 is 10.0 Å². The molecule has 0 spiro atoms. The van der Waals surface area contributed by atoms with Crippen molar-refractivity contribution in [2.24, 2.45) is 17.8 Å². The zero-order valence-corrected chi connectivity index (χ0v) is 11.9. The van der Waals surface area contributed by atoms with E-state index < -0.39 is 27.8 Å². The van der Waals surface area contributed by atoms with Gasteiger partial charge in [-0.25, -0.2) is 13.1 Å². The minimum atomic E-state index is -3.36. The van der Waals surface area contributed by atoms with E-state index in [4.69, 9.17) is 5.11 Å². The van der Waals surface area contributed by atoms with E-state index >= 15 is 0 Å². The molecule has 1 rings (SSSR count). The number of carbonyl (C=O) groups is 2. The Labute approximate surface area is 112 Å². The lowest BCUT2D eigenvalue weighted by Gasteiger charge is -2.15. The largest absolute Gasteiger partial charge is 0.481 e. The van der Waals surface area contributed by atoms with E-state index in [-0.39, 0.29) is 24.1 Å². The van der Waals surface area contributed by atoms with Gasteiger partial charge in [-0.15, -0.1) is 0 Å².